The summed E-state index contributed by atoms with van der Waals surface area (Å²) in [6, 6.07) is 15.7. The summed E-state index contributed by atoms with van der Waals surface area (Å²) in [5.41, 5.74) is 2.75. The molecule has 0 radical (unpaired) electrons. The summed E-state index contributed by atoms with van der Waals surface area (Å²) in [5.74, 6) is -0.299. The molecule has 3 rings (SSSR count). The van der Waals surface area contributed by atoms with Crippen LogP contribution in [0.25, 0.3) is 0 Å². The van der Waals surface area contributed by atoms with Crippen LogP contribution >= 0.6 is 0 Å². The number of anilines is 2. The first kappa shape index (κ1) is 20.1. The van der Waals surface area contributed by atoms with Crippen LogP contribution in [0, 0.1) is 12.3 Å². The summed E-state index contributed by atoms with van der Waals surface area (Å²) in [6.45, 7) is 10.8. The molecule has 2 aromatic rings. The molecule has 0 aliphatic heterocycles. The van der Waals surface area contributed by atoms with E-state index in [1.54, 1.807) is 4.90 Å². The molecule has 2 amide bonds. The molecule has 1 aliphatic rings. The topological polar surface area (TPSA) is 49.4 Å². The number of aryl methyl sites for hydroxylation is 1. The van der Waals surface area contributed by atoms with Crippen molar-refractivity contribution < 1.29 is 9.59 Å². The van der Waals surface area contributed by atoms with E-state index in [0.29, 0.717) is 19.4 Å². The number of amides is 2. The number of carbonyl (C=O) groups is 2. The number of carbonyl (C=O) groups excluding carboxylic acids is 2. The van der Waals surface area contributed by atoms with Gasteiger partial charge in [-0.3, -0.25) is 9.59 Å². The maximum Gasteiger partial charge on any atom is 0.242 e. The number of hydrogen-bond acceptors (Lipinski definition) is 2. The molecule has 148 valence electrons. The Morgan fingerprint density at radius 3 is 2.32 bits per heavy atom. The summed E-state index contributed by atoms with van der Waals surface area (Å²) in [5, 5.41) is 3.06. The second-order valence-electron chi connectivity index (χ2n) is 8.72. The predicted molar refractivity (Wildman–Crippen MR) is 115 cm³/mol. The number of para-hydroxylation sites is 1. The molecule has 1 saturated carbocycles. The Balaban J connectivity index is 1.85. The summed E-state index contributed by atoms with van der Waals surface area (Å²) >= 11 is 0. The van der Waals surface area contributed by atoms with Gasteiger partial charge in [0.05, 0.1) is 0 Å². The highest BCUT2D eigenvalue weighted by molar-refractivity contribution is 6.17. The van der Waals surface area contributed by atoms with Gasteiger partial charge in [0.2, 0.25) is 11.8 Å². The normalized spacial score (nSPS) is 15.0. The van der Waals surface area contributed by atoms with Crippen LogP contribution in [0.1, 0.15) is 51.7 Å². The van der Waals surface area contributed by atoms with Crippen LogP contribution in [0.5, 0.6) is 0 Å². The van der Waals surface area contributed by atoms with E-state index in [2.05, 4.69) is 26.1 Å². The van der Waals surface area contributed by atoms with Crippen molar-refractivity contribution in [3.05, 3.63) is 59.7 Å². The molecule has 0 unspecified atom stereocenters. The van der Waals surface area contributed by atoms with E-state index in [1.807, 2.05) is 62.4 Å². The molecule has 1 N–H and O–H groups in total. The van der Waals surface area contributed by atoms with Gasteiger partial charge < -0.3 is 10.2 Å². The number of hydrogen-bond donors (Lipinski definition) is 1. The molecule has 0 bridgehead atoms. The molecule has 0 saturated heterocycles. The Labute approximate surface area is 167 Å². The third-order valence-electron chi connectivity index (χ3n) is 5.45. The van der Waals surface area contributed by atoms with E-state index >= 15 is 0 Å². The van der Waals surface area contributed by atoms with Crippen LogP contribution in [0.4, 0.5) is 11.4 Å². The van der Waals surface area contributed by atoms with E-state index in [-0.39, 0.29) is 17.2 Å². The molecule has 1 fully saturated rings. The zero-order valence-corrected chi connectivity index (χ0v) is 17.5. The van der Waals surface area contributed by atoms with Gasteiger partial charge in [-0.05, 0) is 61.4 Å². The van der Waals surface area contributed by atoms with Crippen molar-refractivity contribution in [1.82, 2.24) is 0 Å². The Morgan fingerprint density at radius 2 is 1.75 bits per heavy atom. The second-order valence-corrected chi connectivity index (χ2v) is 8.72. The first-order chi connectivity index (χ1) is 13.2. The van der Waals surface area contributed by atoms with E-state index in [9.17, 15) is 9.59 Å². The van der Waals surface area contributed by atoms with Gasteiger partial charge in [-0.15, -0.1) is 0 Å². The van der Waals surface area contributed by atoms with Gasteiger partial charge in [0.15, 0.2) is 0 Å². The van der Waals surface area contributed by atoms with Crippen LogP contribution in [0.2, 0.25) is 0 Å². The SMILES string of the molecule is CCN(C(=O)C1(C(=O)Nc2ccccc2C(C)(C)C)CC1)c1cccc(C)c1. The maximum absolute atomic E-state index is 13.3. The van der Waals surface area contributed by atoms with Crippen molar-refractivity contribution in [2.75, 3.05) is 16.8 Å². The zero-order chi connectivity index (χ0) is 20.5. The smallest absolute Gasteiger partial charge is 0.242 e. The maximum atomic E-state index is 13.3. The fraction of sp³-hybridized carbons (Fsp3) is 0.417. The fourth-order valence-electron chi connectivity index (χ4n) is 3.65. The minimum absolute atomic E-state index is 0.0956. The van der Waals surface area contributed by atoms with E-state index < -0.39 is 5.41 Å². The lowest BCUT2D eigenvalue weighted by Crippen LogP contribution is -2.43. The second kappa shape index (κ2) is 7.42. The van der Waals surface area contributed by atoms with Crippen LogP contribution in [-0.4, -0.2) is 18.4 Å². The number of rotatable bonds is 5. The van der Waals surface area contributed by atoms with Gasteiger partial charge in [-0.25, -0.2) is 0 Å². The summed E-state index contributed by atoms with van der Waals surface area (Å²) in [4.78, 5) is 28.3. The number of nitrogens with one attached hydrogen (secondary N) is 1. The molecular formula is C24H30N2O2. The molecule has 4 heteroatoms. The molecule has 28 heavy (non-hydrogen) atoms. The number of benzene rings is 2. The molecule has 0 spiro atoms. The highest BCUT2D eigenvalue weighted by Crippen LogP contribution is 2.49. The molecule has 1 aliphatic carbocycles. The quantitative estimate of drug-likeness (QED) is 0.739. The Morgan fingerprint density at radius 1 is 1.07 bits per heavy atom. The first-order valence-corrected chi connectivity index (χ1v) is 9.98. The van der Waals surface area contributed by atoms with Crippen LogP contribution in [0.3, 0.4) is 0 Å². The van der Waals surface area contributed by atoms with Gasteiger partial charge in [0, 0.05) is 17.9 Å². The largest absolute Gasteiger partial charge is 0.325 e. The monoisotopic (exact) mass is 378 g/mol. The Hall–Kier alpha value is -2.62. The van der Waals surface area contributed by atoms with Crippen molar-refractivity contribution in [3.63, 3.8) is 0 Å². The lowest BCUT2D eigenvalue weighted by Gasteiger charge is -2.27. The van der Waals surface area contributed by atoms with Crippen molar-refractivity contribution in [2.45, 2.75) is 52.9 Å². The van der Waals surface area contributed by atoms with Gasteiger partial charge in [0.25, 0.3) is 0 Å². The van der Waals surface area contributed by atoms with Gasteiger partial charge in [0.1, 0.15) is 5.41 Å². The van der Waals surface area contributed by atoms with Crippen LogP contribution < -0.4 is 10.2 Å². The molecule has 0 aromatic heterocycles. The van der Waals surface area contributed by atoms with Crippen molar-refractivity contribution in [2.24, 2.45) is 5.41 Å². The molecular weight excluding hydrogens is 348 g/mol. The minimum Gasteiger partial charge on any atom is -0.325 e. The van der Waals surface area contributed by atoms with Gasteiger partial charge >= 0.3 is 0 Å². The highest BCUT2D eigenvalue weighted by atomic mass is 16.2. The van der Waals surface area contributed by atoms with E-state index in [0.717, 1.165) is 22.5 Å². The van der Waals surface area contributed by atoms with E-state index in [4.69, 9.17) is 0 Å². The summed E-state index contributed by atoms with van der Waals surface area (Å²) in [7, 11) is 0. The molecule has 0 atom stereocenters. The molecule has 4 nitrogen and oxygen atoms in total. The lowest BCUT2D eigenvalue weighted by atomic mass is 9.85. The van der Waals surface area contributed by atoms with Crippen molar-refractivity contribution in [3.8, 4) is 0 Å². The lowest BCUT2D eigenvalue weighted by molar-refractivity contribution is -0.132. The Kier molecular flexibility index (Phi) is 5.33. The predicted octanol–water partition coefficient (Wildman–Crippen LogP) is 5.06. The summed E-state index contributed by atoms with van der Waals surface area (Å²) < 4.78 is 0. The van der Waals surface area contributed by atoms with Gasteiger partial charge in [-0.2, -0.15) is 0 Å². The average Bonchev–Trinajstić information content (AvgIpc) is 3.44. The van der Waals surface area contributed by atoms with E-state index in [1.165, 1.54) is 0 Å². The standard InChI is InChI=1S/C24H30N2O2/c1-6-26(18-11-9-10-17(2)16-18)22(28)24(14-15-24)21(27)25-20-13-8-7-12-19(20)23(3,4)5/h7-13,16H,6,14-15H2,1-5H3,(H,25,27). The fourth-order valence-corrected chi connectivity index (χ4v) is 3.65. The third-order valence-corrected chi connectivity index (χ3v) is 5.45. The van der Waals surface area contributed by atoms with Gasteiger partial charge in [-0.1, -0.05) is 51.1 Å². The van der Waals surface area contributed by atoms with Crippen molar-refractivity contribution in [1.29, 1.82) is 0 Å². The van der Waals surface area contributed by atoms with Crippen LogP contribution in [0.15, 0.2) is 48.5 Å². The molecule has 0 heterocycles. The third kappa shape index (κ3) is 3.82. The molecule has 2 aromatic carbocycles. The Bertz CT molecular complexity index is 891. The highest BCUT2D eigenvalue weighted by Gasteiger charge is 2.58. The average molecular weight is 379 g/mol. The zero-order valence-electron chi connectivity index (χ0n) is 17.5. The van der Waals surface area contributed by atoms with Crippen LogP contribution in [-0.2, 0) is 15.0 Å². The number of nitrogens with zero attached hydrogens (tertiary/aromatic N) is 1. The summed E-state index contributed by atoms with van der Waals surface area (Å²) in [6.07, 6.45) is 1.19. The van der Waals surface area contributed by atoms with Crippen molar-refractivity contribution >= 4 is 23.2 Å². The minimum atomic E-state index is -0.954. The first-order valence-electron chi connectivity index (χ1n) is 9.98.